The molecule has 14 heteroatoms. The molecule has 0 unspecified atom stereocenters. The molecule has 0 aliphatic carbocycles. The van der Waals surface area contributed by atoms with Crippen molar-refractivity contribution in [3.05, 3.63) is 77.0 Å². The molecule has 3 aromatic rings. The summed E-state index contributed by atoms with van der Waals surface area (Å²) in [5.41, 5.74) is 0.886. The number of aryl methyl sites for hydroxylation is 1. The van der Waals surface area contributed by atoms with Crippen LogP contribution in [0.2, 0.25) is 5.02 Å². The summed E-state index contributed by atoms with van der Waals surface area (Å²) in [6.45, 7) is 8.43. The maximum absolute atomic E-state index is 14.1. The number of para-hydroxylation sites is 1. The molecule has 0 N–H and O–H groups in total. The second kappa shape index (κ2) is 11.2. The highest BCUT2D eigenvalue weighted by molar-refractivity contribution is 6.34. The molecule has 6 rings (SSSR count). The average molecular weight is 642 g/mol. The molecular weight excluding hydrogens is 611 g/mol. The molecular formula is C31H31ClF3N7O3. The van der Waals surface area contributed by atoms with E-state index in [0.717, 1.165) is 22.9 Å². The summed E-state index contributed by atoms with van der Waals surface area (Å²) in [5.74, 6) is -1.21. The number of imidazole rings is 1. The highest BCUT2D eigenvalue weighted by Crippen LogP contribution is 2.43. The van der Waals surface area contributed by atoms with Crippen LogP contribution in [-0.4, -0.2) is 63.3 Å². The zero-order valence-electron chi connectivity index (χ0n) is 24.9. The number of carbonyl (C=O) groups excluding carboxylic acids is 3. The highest BCUT2D eigenvalue weighted by Gasteiger charge is 2.49. The van der Waals surface area contributed by atoms with Gasteiger partial charge >= 0.3 is 6.18 Å². The fourth-order valence-corrected chi connectivity index (χ4v) is 6.93. The number of pyridine rings is 1. The summed E-state index contributed by atoms with van der Waals surface area (Å²) in [7, 11) is 1.56. The van der Waals surface area contributed by atoms with E-state index < -0.39 is 35.5 Å². The van der Waals surface area contributed by atoms with E-state index in [9.17, 15) is 27.6 Å². The first-order valence-corrected chi connectivity index (χ1v) is 14.8. The fraction of sp³-hybridized carbons (Fsp3) is 0.387. The molecule has 2 aromatic heterocycles. The molecule has 1 aromatic carbocycles. The van der Waals surface area contributed by atoms with E-state index in [1.54, 1.807) is 30.1 Å². The lowest BCUT2D eigenvalue weighted by Crippen LogP contribution is -2.52. The molecule has 1 saturated heterocycles. The van der Waals surface area contributed by atoms with Crippen molar-refractivity contribution >= 4 is 46.5 Å². The van der Waals surface area contributed by atoms with Crippen molar-refractivity contribution in [1.29, 1.82) is 0 Å². The van der Waals surface area contributed by atoms with Crippen LogP contribution in [0.5, 0.6) is 0 Å². The number of aromatic nitrogens is 3. The van der Waals surface area contributed by atoms with E-state index in [1.807, 2.05) is 22.6 Å². The molecule has 3 aliphatic heterocycles. The van der Waals surface area contributed by atoms with E-state index in [-0.39, 0.29) is 43.0 Å². The van der Waals surface area contributed by atoms with Crippen LogP contribution in [0.3, 0.4) is 0 Å². The minimum atomic E-state index is -4.66. The molecule has 1 fully saturated rings. The normalized spacial score (nSPS) is 21.7. The van der Waals surface area contributed by atoms with Gasteiger partial charge in [0.15, 0.2) is 0 Å². The number of anilines is 3. The van der Waals surface area contributed by atoms with Crippen LogP contribution < -0.4 is 14.7 Å². The number of rotatable bonds is 4. The predicted molar refractivity (Wildman–Crippen MR) is 162 cm³/mol. The second-order valence-electron chi connectivity index (χ2n) is 11.6. The van der Waals surface area contributed by atoms with Crippen LogP contribution in [0.25, 0.3) is 0 Å². The van der Waals surface area contributed by atoms with Gasteiger partial charge in [0.25, 0.3) is 0 Å². The first kappa shape index (κ1) is 30.6. The van der Waals surface area contributed by atoms with Crippen molar-refractivity contribution < 1.29 is 27.6 Å². The zero-order valence-corrected chi connectivity index (χ0v) is 25.6. The van der Waals surface area contributed by atoms with Gasteiger partial charge in [0.1, 0.15) is 17.7 Å². The van der Waals surface area contributed by atoms with E-state index in [4.69, 9.17) is 16.6 Å². The largest absolute Gasteiger partial charge is 0.416 e. The van der Waals surface area contributed by atoms with E-state index in [1.165, 1.54) is 17.9 Å². The summed E-state index contributed by atoms with van der Waals surface area (Å²) in [4.78, 5) is 55.2. The van der Waals surface area contributed by atoms with Gasteiger partial charge in [-0.3, -0.25) is 19.3 Å². The Bertz CT molecular complexity index is 1720. The maximum Gasteiger partial charge on any atom is 0.416 e. The van der Waals surface area contributed by atoms with Crippen LogP contribution in [0.1, 0.15) is 42.2 Å². The zero-order chi connectivity index (χ0) is 32.4. The Morgan fingerprint density at radius 3 is 2.64 bits per heavy atom. The number of fused-ring (bicyclic) bond motifs is 3. The SMILES string of the molecule is C=CC(=O)N1CCn2cc(CN3C[C@H]4CC(=O)N(c5cc(C(F)(F)F)cc(C)n5)[C@@H]4C(=O)N(C)c4cccc(Cl)c43)nc2[C@H]1C. The molecule has 3 aliphatic rings. The van der Waals surface area contributed by atoms with Gasteiger partial charge in [0, 0.05) is 50.9 Å². The number of amides is 3. The highest BCUT2D eigenvalue weighted by atomic mass is 35.5. The number of carbonyl (C=O) groups is 3. The molecule has 10 nitrogen and oxygen atoms in total. The van der Waals surface area contributed by atoms with Crippen molar-refractivity contribution in [2.75, 3.05) is 34.8 Å². The number of likely N-dealkylation sites (N-methyl/N-ethyl adjacent to an activating group) is 1. The van der Waals surface area contributed by atoms with Gasteiger partial charge in [-0.05, 0) is 44.2 Å². The lowest BCUT2D eigenvalue weighted by atomic mass is 9.95. The quantitative estimate of drug-likeness (QED) is 0.382. The van der Waals surface area contributed by atoms with Crippen molar-refractivity contribution in [2.45, 2.75) is 51.6 Å². The molecule has 3 amide bonds. The lowest BCUT2D eigenvalue weighted by Gasteiger charge is -2.39. The van der Waals surface area contributed by atoms with E-state index in [2.05, 4.69) is 11.6 Å². The van der Waals surface area contributed by atoms with E-state index in [0.29, 0.717) is 35.2 Å². The van der Waals surface area contributed by atoms with Crippen LogP contribution in [0.4, 0.5) is 30.4 Å². The molecule has 0 saturated carbocycles. The second-order valence-corrected chi connectivity index (χ2v) is 12.0. The van der Waals surface area contributed by atoms with Crippen molar-refractivity contribution in [3.8, 4) is 0 Å². The Kier molecular flexibility index (Phi) is 7.62. The van der Waals surface area contributed by atoms with Gasteiger partial charge in [0.05, 0.1) is 40.2 Å². The Labute approximate surface area is 262 Å². The third-order valence-corrected chi connectivity index (χ3v) is 9.02. The van der Waals surface area contributed by atoms with Crippen LogP contribution in [0, 0.1) is 12.8 Å². The Hall–Kier alpha value is -4.39. The number of alkyl halides is 3. The van der Waals surface area contributed by atoms with Crippen LogP contribution in [0.15, 0.2) is 49.2 Å². The summed E-state index contributed by atoms with van der Waals surface area (Å²) in [6, 6.07) is 5.51. The summed E-state index contributed by atoms with van der Waals surface area (Å²) < 4.78 is 43.2. The van der Waals surface area contributed by atoms with Crippen LogP contribution in [-0.2, 0) is 33.6 Å². The monoisotopic (exact) mass is 641 g/mol. The van der Waals surface area contributed by atoms with Crippen molar-refractivity contribution in [2.24, 2.45) is 5.92 Å². The maximum atomic E-state index is 14.1. The number of nitrogens with zero attached hydrogens (tertiary/aromatic N) is 7. The molecule has 0 spiro atoms. The molecule has 236 valence electrons. The molecule has 45 heavy (non-hydrogen) atoms. The van der Waals surface area contributed by atoms with Gasteiger partial charge in [0.2, 0.25) is 17.7 Å². The number of hydrogen-bond donors (Lipinski definition) is 0. The minimum Gasteiger partial charge on any atom is -0.362 e. The average Bonchev–Trinajstić information content (AvgIpc) is 3.54. The molecule has 3 atom stereocenters. The van der Waals surface area contributed by atoms with Crippen molar-refractivity contribution in [3.63, 3.8) is 0 Å². The first-order valence-electron chi connectivity index (χ1n) is 14.5. The Balaban J connectivity index is 1.40. The summed E-state index contributed by atoms with van der Waals surface area (Å²) in [5, 5.41) is 0.391. The smallest absolute Gasteiger partial charge is 0.362 e. The van der Waals surface area contributed by atoms with Gasteiger partial charge in [-0.25, -0.2) is 9.97 Å². The fourth-order valence-electron chi connectivity index (χ4n) is 6.65. The third-order valence-electron chi connectivity index (χ3n) is 8.72. The minimum absolute atomic E-state index is 0.0765. The molecule has 5 heterocycles. The van der Waals surface area contributed by atoms with Gasteiger partial charge in [-0.2, -0.15) is 13.2 Å². The van der Waals surface area contributed by atoms with Crippen LogP contribution >= 0.6 is 11.6 Å². The molecule has 0 radical (unpaired) electrons. The van der Waals surface area contributed by atoms with Gasteiger partial charge in [-0.15, -0.1) is 0 Å². The van der Waals surface area contributed by atoms with E-state index >= 15 is 0 Å². The lowest BCUT2D eigenvalue weighted by molar-refractivity contribution is -0.137. The van der Waals surface area contributed by atoms with Gasteiger partial charge in [-0.1, -0.05) is 24.2 Å². The number of halogens is 4. The third kappa shape index (κ3) is 5.32. The number of hydrogen-bond acceptors (Lipinski definition) is 6. The summed E-state index contributed by atoms with van der Waals surface area (Å²) in [6.07, 6.45) is -1.53. The number of benzene rings is 1. The first-order chi connectivity index (χ1) is 21.3. The van der Waals surface area contributed by atoms with Crippen molar-refractivity contribution in [1.82, 2.24) is 19.4 Å². The predicted octanol–water partition coefficient (Wildman–Crippen LogP) is 4.75. The summed E-state index contributed by atoms with van der Waals surface area (Å²) >= 11 is 6.76. The Morgan fingerprint density at radius 2 is 1.93 bits per heavy atom. The van der Waals surface area contributed by atoms with Gasteiger partial charge < -0.3 is 19.3 Å². The standard InChI is InChI=1S/C31H31ClF3N7O3/c1-5-25(43)41-10-9-39-15-21(37-29(39)18(41)3)16-40-14-19-12-26(44)42(24-13-20(31(33,34)35)11-17(2)36-24)27(19)30(45)38(4)23-8-6-7-22(32)28(23)40/h5-8,11,13,15,18-19,27H,1,9-10,12,14,16H2,2-4H3/t18-,19-,27+/m1/s1. The Morgan fingerprint density at radius 1 is 1.18 bits per heavy atom. The topological polar surface area (TPSA) is 94.9 Å². The molecule has 0 bridgehead atoms.